The van der Waals surface area contributed by atoms with Crippen LogP contribution in [0.2, 0.25) is 0 Å². The van der Waals surface area contributed by atoms with Gasteiger partial charge in [0.25, 0.3) is 5.69 Å². The Morgan fingerprint density at radius 1 is 0.893 bits per heavy atom. The zero-order chi connectivity index (χ0) is 21.1. The molecule has 2 aromatic rings. The average Bonchev–Trinajstić information content (AvgIpc) is 2.59. The number of rotatable bonds is 1. The molecule has 1 aliphatic rings. The largest absolute Gasteiger partial charge is 0.673 e. The lowest BCUT2D eigenvalue weighted by Gasteiger charge is -2.17. The van der Waals surface area contributed by atoms with Gasteiger partial charge in [0.05, 0.1) is 4.92 Å². The zero-order valence-corrected chi connectivity index (χ0v) is 15.4. The van der Waals surface area contributed by atoms with Gasteiger partial charge in [-0.05, 0) is 72.9 Å². The van der Waals surface area contributed by atoms with Crippen LogP contribution < -0.4 is 0 Å². The highest BCUT2D eigenvalue weighted by atomic mass is 19.5. The Hall–Kier alpha value is -2.96. The fourth-order valence-electron chi connectivity index (χ4n) is 3.38. The van der Waals surface area contributed by atoms with Crippen LogP contribution in [-0.4, -0.2) is 12.2 Å². The van der Waals surface area contributed by atoms with E-state index >= 15 is 0 Å². The highest BCUT2D eigenvalue weighted by Crippen LogP contribution is 2.30. The normalized spacial score (nSPS) is 13.0. The summed E-state index contributed by atoms with van der Waals surface area (Å²) in [6.45, 7) is 4.14. The van der Waals surface area contributed by atoms with Gasteiger partial charge in [-0.2, -0.15) is 0 Å². The van der Waals surface area contributed by atoms with Gasteiger partial charge in [-0.25, -0.2) is 0 Å². The van der Waals surface area contributed by atoms with Crippen molar-refractivity contribution in [3.8, 4) is 0 Å². The molecule has 0 unspecified atom stereocenters. The first-order valence-corrected chi connectivity index (χ1v) is 8.61. The van der Waals surface area contributed by atoms with Crippen molar-refractivity contribution in [3.05, 3.63) is 72.7 Å². The summed E-state index contributed by atoms with van der Waals surface area (Å²) in [7, 11) is -6.00. The smallest absolute Gasteiger partial charge is 0.418 e. The number of nitro groups is 1. The van der Waals surface area contributed by atoms with Crippen molar-refractivity contribution in [1.29, 1.82) is 5.39 Å². The molecule has 0 saturated carbocycles. The molecule has 5 nitrogen and oxygen atoms in total. The average molecular weight is 395 g/mol. The molecule has 0 radical (unpaired) electrons. The predicted molar refractivity (Wildman–Crippen MR) is 98.8 cm³/mol. The Morgan fingerprint density at radius 3 is 1.50 bits per heavy atom. The molecule has 0 heterocycles. The molecule has 148 valence electrons. The van der Waals surface area contributed by atoms with E-state index in [4.69, 9.17) is 5.39 Å². The monoisotopic (exact) mass is 395 g/mol. The topological polar surface area (TPSA) is 71.3 Å². The molecule has 28 heavy (non-hydrogen) atoms. The van der Waals surface area contributed by atoms with Crippen molar-refractivity contribution in [1.82, 2.24) is 0 Å². The molecule has 0 atom stereocenters. The maximum atomic E-state index is 11.2. The summed E-state index contributed by atoms with van der Waals surface area (Å²) in [5, 5.41) is 20.3. The SMILES string of the molecule is Cc1c2cc([N+]#N)cc1CCc1cc([N+](=O)[O-])cc(c1C)CC2.F[B-](F)(F)F. The minimum absolute atomic E-state index is 0.174. The first-order chi connectivity index (χ1) is 13.0. The third kappa shape index (κ3) is 5.52. The number of halogens is 4. The molecule has 1 aliphatic carbocycles. The Balaban J connectivity index is 0.000000500. The van der Waals surface area contributed by atoms with Gasteiger partial charge < -0.3 is 17.3 Å². The summed E-state index contributed by atoms with van der Waals surface area (Å²) >= 11 is 0. The van der Waals surface area contributed by atoms with Gasteiger partial charge in [0.2, 0.25) is 5.39 Å². The van der Waals surface area contributed by atoms with E-state index in [2.05, 4.69) is 11.9 Å². The second-order valence-corrected chi connectivity index (χ2v) is 6.63. The number of hydrogen-bond donors (Lipinski definition) is 0. The first kappa shape index (κ1) is 21.3. The van der Waals surface area contributed by atoms with Gasteiger partial charge in [-0.1, -0.05) is 0 Å². The summed E-state index contributed by atoms with van der Waals surface area (Å²) in [5.41, 5.74) is 7.49. The molecule has 0 amide bonds. The number of nitro benzene ring substituents is 1. The van der Waals surface area contributed by atoms with Crippen molar-refractivity contribution in [2.24, 2.45) is 0 Å². The Bertz CT molecular complexity index is 899. The molecule has 2 aromatic carbocycles. The van der Waals surface area contributed by atoms with E-state index in [1.807, 2.05) is 19.1 Å². The van der Waals surface area contributed by atoms with E-state index in [-0.39, 0.29) is 10.6 Å². The fraction of sp³-hybridized carbons (Fsp3) is 0.333. The predicted octanol–water partition coefficient (Wildman–Crippen LogP) is 5.88. The van der Waals surface area contributed by atoms with Gasteiger partial charge in [0.15, 0.2) is 4.98 Å². The van der Waals surface area contributed by atoms with Crippen LogP contribution in [0.3, 0.4) is 0 Å². The van der Waals surface area contributed by atoms with E-state index in [0.29, 0.717) is 5.69 Å². The summed E-state index contributed by atoms with van der Waals surface area (Å²) in [6.07, 6.45) is 3.05. The van der Waals surface area contributed by atoms with Gasteiger partial charge in [0.1, 0.15) is 0 Å². The van der Waals surface area contributed by atoms with Crippen molar-refractivity contribution < 1.29 is 22.2 Å². The molecule has 0 N–H and O–H groups in total. The summed E-state index contributed by atoms with van der Waals surface area (Å²) in [6, 6.07) is 7.18. The minimum Gasteiger partial charge on any atom is -0.418 e. The number of fused-ring (bicyclic) bond motifs is 4. The van der Waals surface area contributed by atoms with E-state index < -0.39 is 7.25 Å². The van der Waals surface area contributed by atoms with Crippen LogP contribution in [0.4, 0.5) is 28.6 Å². The highest BCUT2D eigenvalue weighted by molar-refractivity contribution is 6.50. The maximum absolute atomic E-state index is 11.2. The standard InChI is InChI=1S/C18H18N3O2.BF4/c1-11-13-3-5-15-9-18(21(22)23)10-16(12(15)2)6-4-14(11)8-17(7-13)20-19;2-1(3,4)5/h7-10H,3-6H2,1-2H3;/q+1;-1. The lowest BCUT2D eigenvalue weighted by atomic mass is 9.87. The molecule has 3 rings (SSSR count). The zero-order valence-electron chi connectivity index (χ0n) is 15.4. The molecular weight excluding hydrogens is 377 g/mol. The maximum Gasteiger partial charge on any atom is 0.673 e. The van der Waals surface area contributed by atoms with E-state index in [1.165, 1.54) is 5.56 Å². The molecular formula is C18H18BF4N3O2. The van der Waals surface area contributed by atoms with Gasteiger partial charge in [-0.3, -0.25) is 10.1 Å². The van der Waals surface area contributed by atoms with Crippen molar-refractivity contribution in [2.75, 3.05) is 0 Å². The molecule has 0 saturated heterocycles. The highest BCUT2D eigenvalue weighted by Gasteiger charge is 2.21. The quantitative estimate of drug-likeness (QED) is 0.199. The van der Waals surface area contributed by atoms with Gasteiger partial charge in [0, 0.05) is 24.3 Å². The van der Waals surface area contributed by atoms with Crippen LogP contribution in [0.25, 0.3) is 4.98 Å². The van der Waals surface area contributed by atoms with Gasteiger partial charge >= 0.3 is 12.9 Å². The van der Waals surface area contributed by atoms with Crippen molar-refractivity contribution in [3.63, 3.8) is 0 Å². The van der Waals surface area contributed by atoms with Crippen LogP contribution in [0, 0.1) is 29.4 Å². The molecule has 0 fully saturated rings. The minimum atomic E-state index is -6.00. The summed E-state index contributed by atoms with van der Waals surface area (Å²) < 4.78 is 39.0. The number of non-ortho nitro benzene ring substituents is 1. The third-order valence-electron chi connectivity index (χ3n) is 4.87. The first-order valence-electron chi connectivity index (χ1n) is 8.61. The Kier molecular flexibility index (Phi) is 6.39. The molecule has 4 bridgehead atoms. The van der Waals surface area contributed by atoms with Crippen LogP contribution in [0.1, 0.15) is 33.4 Å². The van der Waals surface area contributed by atoms with E-state index in [9.17, 15) is 27.4 Å². The fourth-order valence-corrected chi connectivity index (χ4v) is 3.38. The van der Waals surface area contributed by atoms with Crippen molar-refractivity contribution >= 4 is 18.6 Å². The van der Waals surface area contributed by atoms with Crippen LogP contribution in [0.5, 0.6) is 0 Å². The number of benzene rings is 2. The summed E-state index contributed by atoms with van der Waals surface area (Å²) in [5.74, 6) is 0. The molecule has 0 aliphatic heterocycles. The van der Waals surface area contributed by atoms with Gasteiger partial charge in [-0.15, -0.1) is 0 Å². The van der Waals surface area contributed by atoms with Crippen LogP contribution in [-0.2, 0) is 25.7 Å². The second-order valence-electron chi connectivity index (χ2n) is 6.63. The van der Waals surface area contributed by atoms with E-state index in [0.717, 1.165) is 53.5 Å². The number of nitrogens with zero attached hydrogens (tertiary/aromatic N) is 3. The van der Waals surface area contributed by atoms with E-state index in [1.54, 1.807) is 12.1 Å². The molecule has 0 aromatic heterocycles. The number of diazo groups is 1. The summed E-state index contributed by atoms with van der Waals surface area (Å²) in [4.78, 5) is 14.2. The van der Waals surface area contributed by atoms with Crippen molar-refractivity contribution in [2.45, 2.75) is 39.5 Å². The molecule has 0 spiro atoms. The second kappa shape index (κ2) is 8.38. The number of aryl methyl sites for hydroxylation is 4. The lowest BCUT2D eigenvalue weighted by Crippen LogP contribution is -2.07. The lowest BCUT2D eigenvalue weighted by molar-refractivity contribution is -0.385. The third-order valence-corrected chi connectivity index (χ3v) is 4.87. The Morgan fingerprint density at radius 2 is 1.21 bits per heavy atom. The Labute approximate surface area is 159 Å². The number of hydrogen-bond acceptors (Lipinski definition) is 3. The van der Waals surface area contributed by atoms with Crippen LogP contribution >= 0.6 is 0 Å². The van der Waals surface area contributed by atoms with Crippen LogP contribution in [0.15, 0.2) is 24.3 Å². The molecule has 10 heteroatoms.